The van der Waals surface area contributed by atoms with Gasteiger partial charge in [0.05, 0.1) is 0 Å². The van der Waals surface area contributed by atoms with Gasteiger partial charge in [0.2, 0.25) is 0 Å². The van der Waals surface area contributed by atoms with Gasteiger partial charge < -0.3 is 15.4 Å². The molecule has 0 unspecified atom stereocenters. The molecule has 0 saturated carbocycles. The average molecular weight is 390 g/mol. The number of nitrogens with zero attached hydrogens (tertiary/aromatic N) is 1. The number of hydrogen-bond acceptors (Lipinski definition) is 7. The lowest BCUT2D eigenvalue weighted by Gasteiger charge is -2.07. The summed E-state index contributed by atoms with van der Waals surface area (Å²) in [5, 5.41) is 9.88. The largest absolute Gasteiger partial charge is 0.451 e. The molecule has 1 heterocycles. The van der Waals surface area contributed by atoms with Gasteiger partial charge in [-0.3, -0.25) is 10.1 Å². The smallest absolute Gasteiger partial charge is 0.358 e. The van der Waals surface area contributed by atoms with E-state index in [1.165, 1.54) is 11.3 Å². The molecule has 3 N–H and O–H groups in total. The van der Waals surface area contributed by atoms with E-state index in [0.717, 1.165) is 13.0 Å². The molecule has 0 saturated heterocycles. The normalized spacial score (nSPS) is 10.3. The number of imide groups is 1. The quantitative estimate of drug-likeness (QED) is 0.598. The number of benzene rings is 1. The molecule has 0 aliphatic carbocycles. The fourth-order valence-electron chi connectivity index (χ4n) is 1.97. The van der Waals surface area contributed by atoms with E-state index < -0.39 is 24.5 Å². The Morgan fingerprint density at radius 1 is 1.19 bits per heavy atom. The molecule has 0 spiro atoms. The predicted molar refractivity (Wildman–Crippen MR) is 104 cm³/mol. The third kappa shape index (κ3) is 7.45. The highest BCUT2D eigenvalue weighted by molar-refractivity contribution is 7.13. The number of para-hydroxylation sites is 1. The maximum Gasteiger partial charge on any atom is 0.358 e. The highest BCUT2D eigenvalue weighted by Crippen LogP contribution is 2.16. The van der Waals surface area contributed by atoms with Gasteiger partial charge in [-0.15, -0.1) is 11.3 Å². The molecule has 1 aromatic heterocycles. The van der Waals surface area contributed by atoms with E-state index in [0.29, 0.717) is 16.7 Å². The van der Waals surface area contributed by atoms with Gasteiger partial charge in [0.15, 0.2) is 17.4 Å². The van der Waals surface area contributed by atoms with Crippen LogP contribution in [0.3, 0.4) is 0 Å². The SMILES string of the molecule is CC(C)CCNc1nc(C(=O)OCC(=O)NC(=O)Nc2ccccc2)cs1. The molecule has 0 fully saturated rings. The van der Waals surface area contributed by atoms with Gasteiger partial charge in [-0.2, -0.15) is 0 Å². The number of anilines is 2. The van der Waals surface area contributed by atoms with Crippen LogP contribution in [0.1, 0.15) is 30.8 Å². The fraction of sp³-hybridized carbons (Fsp3) is 0.333. The van der Waals surface area contributed by atoms with Crippen LogP contribution in [0.5, 0.6) is 0 Å². The number of urea groups is 1. The van der Waals surface area contributed by atoms with E-state index >= 15 is 0 Å². The standard InChI is InChI=1S/C18H22N4O4S/c1-12(2)8-9-19-18-21-14(11-27-18)16(24)26-10-15(23)22-17(25)20-13-6-4-3-5-7-13/h3-7,11-12H,8-10H2,1-2H3,(H,19,21)(H2,20,22,23,25). The number of nitrogens with one attached hydrogen (secondary N) is 3. The third-order valence-corrected chi connectivity index (χ3v) is 4.13. The van der Waals surface area contributed by atoms with Crippen molar-refractivity contribution in [3.05, 3.63) is 41.4 Å². The van der Waals surface area contributed by atoms with Gasteiger partial charge in [0, 0.05) is 17.6 Å². The molecule has 0 atom stereocenters. The highest BCUT2D eigenvalue weighted by Gasteiger charge is 2.15. The molecule has 1 aromatic carbocycles. The monoisotopic (exact) mass is 390 g/mol. The zero-order chi connectivity index (χ0) is 19.6. The van der Waals surface area contributed by atoms with Crippen molar-refractivity contribution in [2.75, 3.05) is 23.8 Å². The van der Waals surface area contributed by atoms with Crippen LogP contribution in [-0.2, 0) is 9.53 Å². The summed E-state index contributed by atoms with van der Waals surface area (Å²) in [5.41, 5.74) is 0.661. The first-order valence-electron chi connectivity index (χ1n) is 8.46. The minimum atomic E-state index is -0.734. The minimum Gasteiger partial charge on any atom is -0.451 e. The third-order valence-electron chi connectivity index (χ3n) is 3.33. The van der Waals surface area contributed by atoms with Crippen molar-refractivity contribution in [3.63, 3.8) is 0 Å². The molecule has 8 nitrogen and oxygen atoms in total. The average Bonchev–Trinajstić information content (AvgIpc) is 3.09. The second-order valence-electron chi connectivity index (χ2n) is 6.09. The Labute approximate surface area is 161 Å². The Bertz CT molecular complexity index is 777. The minimum absolute atomic E-state index is 0.119. The van der Waals surface area contributed by atoms with E-state index in [9.17, 15) is 14.4 Å². The molecular formula is C18H22N4O4S. The number of esters is 1. The number of ether oxygens (including phenoxy) is 1. The van der Waals surface area contributed by atoms with E-state index in [1.54, 1.807) is 35.7 Å². The van der Waals surface area contributed by atoms with Crippen LogP contribution >= 0.6 is 11.3 Å². The summed E-state index contributed by atoms with van der Waals surface area (Å²) in [6, 6.07) is 7.96. The van der Waals surface area contributed by atoms with Crippen molar-refractivity contribution in [3.8, 4) is 0 Å². The number of rotatable bonds is 8. The van der Waals surface area contributed by atoms with Crippen LogP contribution in [0.25, 0.3) is 0 Å². The van der Waals surface area contributed by atoms with E-state index in [-0.39, 0.29) is 5.69 Å². The molecule has 2 aromatic rings. The summed E-state index contributed by atoms with van der Waals surface area (Å²) in [7, 11) is 0. The number of hydrogen-bond donors (Lipinski definition) is 3. The van der Waals surface area contributed by atoms with E-state index in [2.05, 4.69) is 34.8 Å². The topological polar surface area (TPSA) is 109 Å². The molecular weight excluding hydrogens is 368 g/mol. The van der Waals surface area contributed by atoms with Crippen LogP contribution < -0.4 is 16.0 Å². The lowest BCUT2D eigenvalue weighted by atomic mass is 10.1. The molecule has 144 valence electrons. The van der Waals surface area contributed by atoms with E-state index in [1.807, 2.05) is 0 Å². The molecule has 2 rings (SSSR count). The molecule has 27 heavy (non-hydrogen) atoms. The zero-order valence-electron chi connectivity index (χ0n) is 15.2. The maximum absolute atomic E-state index is 11.9. The van der Waals surface area contributed by atoms with Crippen molar-refractivity contribution < 1.29 is 19.1 Å². The van der Waals surface area contributed by atoms with Crippen molar-refractivity contribution >= 4 is 40.1 Å². The van der Waals surface area contributed by atoms with Gasteiger partial charge in [-0.05, 0) is 24.5 Å². The first-order valence-corrected chi connectivity index (χ1v) is 9.34. The van der Waals surface area contributed by atoms with Crippen molar-refractivity contribution in [2.45, 2.75) is 20.3 Å². The number of amides is 3. The fourth-order valence-corrected chi connectivity index (χ4v) is 2.68. The van der Waals surface area contributed by atoms with Crippen molar-refractivity contribution in [1.82, 2.24) is 10.3 Å². The Morgan fingerprint density at radius 3 is 2.63 bits per heavy atom. The Morgan fingerprint density at radius 2 is 1.93 bits per heavy atom. The number of carbonyl (C=O) groups excluding carboxylic acids is 3. The summed E-state index contributed by atoms with van der Waals surface area (Å²) >= 11 is 1.29. The van der Waals surface area contributed by atoms with Crippen LogP contribution in [0.4, 0.5) is 15.6 Å². The second kappa shape index (κ2) is 10.3. The van der Waals surface area contributed by atoms with Crippen LogP contribution in [0.15, 0.2) is 35.7 Å². The second-order valence-corrected chi connectivity index (χ2v) is 6.95. The zero-order valence-corrected chi connectivity index (χ0v) is 16.0. The summed E-state index contributed by atoms with van der Waals surface area (Å²) in [5.74, 6) is -0.886. The highest BCUT2D eigenvalue weighted by atomic mass is 32.1. The molecule has 0 aliphatic rings. The summed E-state index contributed by atoms with van der Waals surface area (Å²) in [4.78, 5) is 39.5. The lowest BCUT2D eigenvalue weighted by Crippen LogP contribution is -2.37. The van der Waals surface area contributed by atoms with Gasteiger partial charge in [0.1, 0.15) is 0 Å². The van der Waals surface area contributed by atoms with Crippen molar-refractivity contribution in [1.29, 1.82) is 0 Å². The number of thiazole rings is 1. The summed E-state index contributed by atoms with van der Waals surface area (Å²) < 4.78 is 4.88. The summed E-state index contributed by atoms with van der Waals surface area (Å²) in [6.07, 6.45) is 0.991. The van der Waals surface area contributed by atoms with Gasteiger partial charge in [0.25, 0.3) is 5.91 Å². The van der Waals surface area contributed by atoms with Gasteiger partial charge in [-0.25, -0.2) is 14.6 Å². The van der Waals surface area contributed by atoms with Gasteiger partial charge in [-0.1, -0.05) is 32.0 Å². The Kier molecular flexibility index (Phi) is 7.75. The predicted octanol–water partition coefficient (Wildman–Crippen LogP) is 3.11. The molecule has 0 bridgehead atoms. The van der Waals surface area contributed by atoms with E-state index in [4.69, 9.17) is 4.74 Å². The first kappa shape index (κ1) is 20.4. The number of carbonyl (C=O) groups is 3. The Balaban J connectivity index is 1.72. The molecule has 3 amide bonds. The lowest BCUT2D eigenvalue weighted by molar-refractivity contribution is -0.123. The van der Waals surface area contributed by atoms with Crippen LogP contribution in [0.2, 0.25) is 0 Å². The van der Waals surface area contributed by atoms with Crippen molar-refractivity contribution in [2.24, 2.45) is 5.92 Å². The van der Waals surface area contributed by atoms with Crippen LogP contribution in [0, 0.1) is 5.92 Å². The molecule has 9 heteroatoms. The van der Waals surface area contributed by atoms with Crippen LogP contribution in [-0.4, -0.2) is 36.0 Å². The summed E-state index contributed by atoms with van der Waals surface area (Å²) in [6.45, 7) is 4.43. The first-order chi connectivity index (χ1) is 12.9. The Hall–Kier alpha value is -2.94. The maximum atomic E-state index is 11.9. The molecule has 0 radical (unpaired) electrons. The van der Waals surface area contributed by atoms with Gasteiger partial charge >= 0.3 is 12.0 Å². The molecule has 0 aliphatic heterocycles. The number of aromatic nitrogens is 1.